The normalized spacial score (nSPS) is 21.3. The summed E-state index contributed by atoms with van der Waals surface area (Å²) >= 11 is 3.35. The molecule has 0 bridgehead atoms. The number of carbonyl (C=O) groups is 1. The third-order valence-corrected chi connectivity index (χ3v) is 5.72. The van der Waals surface area contributed by atoms with E-state index in [0.29, 0.717) is 12.0 Å². The maximum atomic E-state index is 11.7. The van der Waals surface area contributed by atoms with E-state index in [1.807, 2.05) is 24.1 Å². The van der Waals surface area contributed by atoms with Crippen LogP contribution in [0.1, 0.15) is 23.7 Å². The van der Waals surface area contributed by atoms with Gasteiger partial charge in [-0.3, -0.25) is 4.79 Å². The zero-order chi connectivity index (χ0) is 14.2. The highest BCUT2D eigenvalue weighted by molar-refractivity contribution is 9.10. The number of nitrogens with zero attached hydrogens (tertiary/aromatic N) is 1. The zero-order valence-corrected chi connectivity index (χ0v) is 13.3. The molecule has 1 saturated heterocycles. The average Bonchev–Trinajstić information content (AvgIpc) is 2.68. The van der Waals surface area contributed by atoms with Crippen LogP contribution in [0.2, 0.25) is 0 Å². The van der Waals surface area contributed by atoms with Gasteiger partial charge in [-0.1, -0.05) is 15.9 Å². The fourth-order valence-corrected chi connectivity index (χ4v) is 4.51. The van der Waals surface area contributed by atoms with Crippen molar-refractivity contribution in [2.75, 3.05) is 23.5 Å². The smallest absolute Gasteiger partial charge is 0.161 e. The minimum absolute atomic E-state index is 0.0241. The summed E-state index contributed by atoms with van der Waals surface area (Å²) in [5.41, 5.74) is 1.40. The Bertz CT molecular complexity index is 612. The number of sulfone groups is 1. The van der Waals surface area contributed by atoms with Crippen LogP contribution in [0.4, 0.5) is 5.69 Å². The quantitative estimate of drug-likeness (QED) is 0.788. The first-order valence-electron chi connectivity index (χ1n) is 6.04. The number of halogens is 1. The molecule has 1 atom stereocenters. The van der Waals surface area contributed by atoms with E-state index >= 15 is 0 Å². The van der Waals surface area contributed by atoms with Gasteiger partial charge in [0.25, 0.3) is 0 Å². The summed E-state index contributed by atoms with van der Waals surface area (Å²) in [5.74, 6) is 0.370. The van der Waals surface area contributed by atoms with E-state index in [1.54, 1.807) is 6.07 Å². The van der Waals surface area contributed by atoms with Crippen molar-refractivity contribution in [1.29, 1.82) is 0 Å². The van der Waals surface area contributed by atoms with Gasteiger partial charge in [0.05, 0.1) is 11.5 Å². The molecule has 6 heteroatoms. The van der Waals surface area contributed by atoms with Crippen molar-refractivity contribution in [3.8, 4) is 0 Å². The lowest BCUT2D eigenvalue weighted by molar-refractivity contribution is 0.101. The fourth-order valence-electron chi connectivity index (χ4n) is 2.38. The predicted octanol–water partition coefficient (Wildman–Crippen LogP) is 2.28. The molecule has 0 N–H and O–H groups in total. The Labute approximate surface area is 121 Å². The Kier molecular flexibility index (Phi) is 4.01. The third-order valence-electron chi connectivity index (χ3n) is 3.47. The highest BCUT2D eigenvalue weighted by Crippen LogP contribution is 2.28. The first kappa shape index (κ1) is 14.5. The second-order valence-corrected chi connectivity index (χ2v) is 8.03. The van der Waals surface area contributed by atoms with Gasteiger partial charge >= 0.3 is 0 Å². The van der Waals surface area contributed by atoms with Crippen LogP contribution in [0.15, 0.2) is 22.7 Å². The SMILES string of the molecule is CC(=O)c1cc(Br)ccc1N(C)C1CCS(=O)(=O)C1. The number of hydrogen-bond acceptors (Lipinski definition) is 4. The highest BCUT2D eigenvalue weighted by atomic mass is 79.9. The van der Waals surface area contributed by atoms with Crippen LogP contribution in [0.25, 0.3) is 0 Å². The monoisotopic (exact) mass is 345 g/mol. The Balaban J connectivity index is 2.34. The van der Waals surface area contributed by atoms with Gasteiger partial charge in [-0.05, 0) is 31.5 Å². The number of rotatable bonds is 3. The van der Waals surface area contributed by atoms with Crippen LogP contribution < -0.4 is 4.90 Å². The van der Waals surface area contributed by atoms with Gasteiger partial charge in [0.1, 0.15) is 0 Å². The summed E-state index contributed by atoms with van der Waals surface area (Å²) < 4.78 is 23.9. The summed E-state index contributed by atoms with van der Waals surface area (Å²) in [4.78, 5) is 13.6. The van der Waals surface area contributed by atoms with Crippen molar-refractivity contribution in [3.05, 3.63) is 28.2 Å². The molecule has 1 aromatic rings. The van der Waals surface area contributed by atoms with Crippen molar-refractivity contribution in [2.24, 2.45) is 0 Å². The molecule has 4 nitrogen and oxygen atoms in total. The summed E-state index contributed by atoms with van der Waals surface area (Å²) in [6.45, 7) is 1.52. The van der Waals surface area contributed by atoms with E-state index in [0.717, 1.165) is 10.2 Å². The number of ketones is 1. The van der Waals surface area contributed by atoms with Gasteiger partial charge in [0, 0.05) is 28.8 Å². The predicted molar refractivity (Wildman–Crippen MR) is 79.6 cm³/mol. The molecule has 0 spiro atoms. The van der Waals surface area contributed by atoms with Gasteiger partial charge in [-0.2, -0.15) is 0 Å². The Morgan fingerprint density at radius 2 is 2.11 bits per heavy atom. The summed E-state index contributed by atoms with van der Waals surface area (Å²) in [5, 5.41) is 0. The van der Waals surface area contributed by atoms with Crippen molar-refractivity contribution < 1.29 is 13.2 Å². The van der Waals surface area contributed by atoms with Crippen molar-refractivity contribution in [2.45, 2.75) is 19.4 Å². The average molecular weight is 346 g/mol. The van der Waals surface area contributed by atoms with Crippen LogP contribution >= 0.6 is 15.9 Å². The van der Waals surface area contributed by atoms with Gasteiger partial charge in [-0.15, -0.1) is 0 Å². The molecule has 1 aliphatic heterocycles. The van der Waals surface area contributed by atoms with Gasteiger partial charge in [-0.25, -0.2) is 8.42 Å². The largest absolute Gasteiger partial charge is 0.370 e. The van der Waals surface area contributed by atoms with E-state index in [-0.39, 0.29) is 23.3 Å². The topological polar surface area (TPSA) is 54.5 Å². The second-order valence-electron chi connectivity index (χ2n) is 4.89. The molecule has 0 amide bonds. The second kappa shape index (κ2) is 5.25. The lowest BCUT2D eigenvalue weighted by Gasteiger charge is -2.27. The molecule has 1 heterocycles. The minimum Gasteiger partial charge on any atom is -0.370 e. The van der Waals surface area contributed by atoms with Crippen LogP contribution in [0, 0.1) is 0 Å². The van der Waals surface area contributed by atoms with Crippen molar-refractivity contribution >= 4 is 37.2 Å². The Morgan fingerprint density at radius 1 is 1.42 bits per heavy atom. The molecule has 0 saturated carbocycles. The van der Waals surface area contributed by atoms with Crippen LogP contribution in [0.5, 0.6) is 0 Å². The molecule has 19 heavy (non-hydrogen) atoms. The summed E-state index contributed by atoms with van der Waals surface area (Å²) in [7, 11) is -1.08. The van der Waals surface area contributed by atoms with Crippen LogP contribution in [-0.2, 0) is 9.84 Å². The molecular formula is C13H16BrNO3S. The lowest BCUT2D eigenvalue weighted by atomic mass is 10.1. The fraction of sp³-hybridized carbons (Fsp3) is 0.462. The maximum absolute atomic E-state index is 11.7. The number of Topliss-reactive ketones (excluding diaryl/α,β-unsaturated/α-hetero) is 1. The first-order chi connectivity index (χ1) is 8.80. The van der Waals surface area contributed by atoms with E-state index in [9.17, 15) is 13.2 Å². The molecule has 1 unspecified atom stereocenters. The van der Waals surface area contributed by atoms with E-state index in [1.165, 1.54) is 6.92 Å². The molecule has 0 aliphatic carbocycles. The molecule has 1 fully saturated rings. The van der Waals surface area contributed by atoms with Crippen LogP contribution in [-0.4, -0.2) is 38.8 Å². The molecule has 0 aromatic heterocycles. The van der Waals surface area contributed by atoms with Gasteiger partial charge in [0.2, 0.25) is 0 Å². The summed E-state index contributed by atoms with van der Waals surface area (Å²) in [6.07, 6.45) is 0.617. The maximum Gasteiger partial charge on any atom is 0.161 e. The lowest BCUT2D eigenvalue weighted by Crippen LogP contribution is -2.33. The number of benzene rings is 1. The van der Waals surface area contributed by atoms with Crippen molar-refractivity contribution in [1.82, 2.24) is 0 Å². The summed E-state index contributed by atoms with van der Waals surface area (Å²) in [6, 6.07) is 5.44. The highest BCUT2D eigenvalue weighted by Gasteiger charge is 2.31. The molecular weight excluding hydrogens is 330 g/mol. The minimum atomic E-state index is -2.93. The first-order valence-corrected chi connectivity index (χ1v) is 8.65. The standard InChI is InChI=1S/C13H16BrNO3S/c1-9(16)12-7-10(14)3-4-13(12)15(2)11-5-6-19(17,18)8-11/h3-4,7,11H,5-6,8H2,1-2H3. The van der Waals surface area contributed by atoms with Gasteiger partial charge < -0.3 is 4.90 Å². The molecule has 1 aliphatic rings. The number of anilines is 1. The van der Waals surface area contributed by atoms with Crippen LogP contribution in [0.3, 0.4) is 0 Å². The van der Waals surface area contributed by atoms with Crippen molar-refractivity contribution in [3.63, 3.8) is 0 Å². The number of carbonyl (C=O) groups excluding carboxylic acids is 1. The van der Waals surface area contributed by atoms with Gasteiger partial charge in [0.15, 0.2) is 15.6 Å². The Morgan fingerprint density at radius 3 is 2.63 bits per heavy atom. The Hall–Kier alpha value is -0.880. The third kappa shape index (κ3) is 3.17. The molecule has 104 valence electrons. The van der Waals surface area contributed by atoms with E-state index < -0.39 is 9.84 Å². The van der Waals surface area contributed by atoms with E-state index in [4.69, 9.17) is 0 Å². The van der Waals surface area contributed by atoms with E-state index in [2.05, 4.69) is 15.9 Å². The molecule has 1 aromatic carbocycles. The molecule has 2 rings (SSSR count). The number of hydrogen-bond donors (Lipinski definition) is 0. The zero-order valence-electron chi connectivity index (χ0n) is 10.9. The molecule has 0 radical (unpaired) electrons.